The minimum absolute atomic E-state index is 0.564. The van der Waals surface area contributed by atoms with Crippen LogP contribution < -0.4 is 4.89 Å². The SMILES string of the molecule is C1=C\C=C/C=C/C=C\N=NOOc2ccccc2/C=C\C=C/1. The Morgan fingerprint density at radius 1 is 0.682 bits per heavy atom. The van der Waals surface area contributed by atoms with Crippen molar-refractivity contribution in [3.05, 3.63) is 96.8 Å². The molecule has 0 amide bonds. The molecule has 22 heavy (non-hydrogen) atoms. The highest BCUT2D eigenvalue weighted by molar-refractivity contribution is 5.58. The van der Waals surface area contributed by atoms with Gasteiger partial charge < -0.3 is 0 Å². The molecule has 0 aliphatic carbocycles. The maximum atomic E-state index is 5.12. The lowest BCUT2D eigenvalue weighted by atomic mass is 10.2. The van der Waals surface area contributed by atoms with Gasteiger partial charge in [0.15, 0.2) is 5.75 Å². The molecule has 1 aliphatic rings. The molecule has 0 saturated carbocycles. The molecule has 0 aromatic heterocycles. The lowest BCUT2D eigenvalue weighted by Crippen LogP contribution is -1.91. The smallest absolute Gasteiger partial charge is 0.188 e. The lowest BCUT2D eigenvalue weighted by Gasteiger charge is -2.02. The van der Waals surface area contributed by atoms with E-state index >= 15 is 0 Å². The van der Waals surface area contributed by atoms with Gasteiger partial charge in [0.05, 0.1) is 11.5 Å². The fourth-order valence-corrected chi connectivity index (χ4v) is 1.56. The number of hydrogen-bond donors (Lipinski definition) is 0. The third-order valence-corrected chi connectivity index (χ3v) is 2.56. The van der Waals surface area contributed by atoms with Gasteiger partial charge in [-0.05, 0) is 12.1 Å². The van der Waals surface area contributed by atoms with Crippen LogP contribution in [0.2, 0.25) is 0 Å². The third kappa shape index (κ3) is 5.88. The minimum Gasteiger partial charge on any atom is -0.265 e. The van der Waals surface area contributed by atoms with Gasteiger partial charge in [-0.2, -0.15) is 0 Å². The minimum atomic E-state index is 0.564. The maximum Gasteiger partial charge on any atom is 0.188 e. The van der Waals surface area contributed by atoms with Crippen molar-refractivity contribution in [2.45, 2.75) is 0 Å². The molecule has 0 spiro atoms. The number of benzene rings is 1. The van der Waals surface area contributed by atoms with E-state index in [0.29, 0.717) is 5.75 Å². The summed E-state index contributed by atoms with van der Waals surface area (Å²) in [6.45, 7) is 0. The molecule has 0 saturated heterocycles. The van der Waals surface area contributed by atoms with E-state index in [-0.39, 0.29) is 0 Å². The van der Waals surface area contributed by atoms with Crippen LogP contribution in [0.1, 0.15) is 5.56 Å². The van der Waals surface area contributed by atoms with Gasteiger partial charge in [0.25, 0.3) is 0 Å². The van der Waals surface area contributed by atoms with E-state index < -0.39 is 0 Å². The highest BCUT2D eigenvalue weighted by atomic mass is 17.3. The molecule has 1 heterocycles. The number of hydrogen-bond acceptors (Lipinski definition) is 4. The summed E-state index contributed by atoms with van der Waals surface area (Å²) in [5, 5.41) is 7.13. The van der Waals surface area contributed by atoms with Crippen LogP contribution in [0.5, 0.6) is 5.75 Å². The number of allylic oxidation sites excluding steroid dienone is 10. The molecule has 0 unspecified atom stereocenters. The van der Waals surface area contributed by atoms with E-state index in [9.17, 15) is 0 Å². The van der Waals surface area contributed by atoms with Crippen molar-refractivity contribution in [2.24, 2.45) is 10.4 Å². The molecule has 0 bridgehead atoms. The van der Waals surface area contributed by atoms with E-state index in [1.54, 1.807) is 12.1 Å². The van der Waals surface area contributed by atoms with Crippen molar-refractivity contribution in [1.29, 1.82) is 0 Å². The predicted molar refractivity (Wildman–Crippen MR) is 87.7 cm³/mol. The summed E-state index contributed by atoms with van der Waals surface area (Å²) in [4.78, 5) is 9.83. The van der Waals surface area contributed by atoms with Gasteiger partial charge in [-0.3, -0.25) is 4.89 Å². The van der Waals surface area contributed by atoms with Crippen molar-refractivity contribution in [1.82, 2.24) is 0 Å². The van der Waals surface area contributed by atoms with E-state index in [2.05, 4.69) is 10.4 Å². The highest BCUT2D eigenvalue weighted by Gasteiger charge is 2.00. The van der Waals surface area contributed by atoms with Gasteiger partial charge in [0, 0.05) is 5.56 Å². The summed E-state index contributed by atoms with van der Waals surface area (Å²) in [5.41, 5.74) is 0.880. The Labute approximate surface area is 129 Å². The summed E-state index contributed by atoms with van der Waals surface area (Å²) in [6.07, 6.45) is 22.4. The van der Waals surface area contributed by atoms with Gasteiger partial charge in [0.1, 0.15) is 0 Å². The number of rotatable bonds is 0. The molecule has 2 rings (SSSR count). The number of para-hydroxylation sites is 1. The fourth-order valence-electron chi connectivity index (χ4n) is 1.56. The average Bonchev–Trinajstić information content (AvgIpc) is 2.55. The van der Waals surface area contributed by atoms with Crippen molar-refractivity contribution in [3.8, 4) is 5.75 Å². The Morgan fingerprint density at radius 3 is 2.09 bits per heavy atom. The maximum absolute atomic E-state index is 5.12. The zero-order valence-electron chi connectivity index (χ0n) is 11.9. The van der Waals surface area contributed by atoms with Crippen molar-refractivity contribution in [2.75, 3.05) is 0 Å². The van der Waals surface area contributed by atoms with Crippen LogP contribution in [0.15, 0.2) is 102 Å². The molecule has 0 N–H and O–H groups in total. The van der Waals surface area contributed by atoms with Crippen molar-refractivity contribution >= 4 is 6.08 Å². The monoisotopic (exact) mass is 292 g/mol. The lowest BCUT2D eigenvalue weighted by molar-refractivity contribution is -0.215. The van der Waals surface area contributed by atoms with E-state index in [1.165, 1.54) is 6.20 Å². The Balaban J connectivity index is 2.16. The standard InChI is InChI=1S/C18H16N2O2/c1-2-4-6-8-12-16-19-20-22-21-18-15-11-10-14-17(18)13-9-7-5-3-1/h1-16H/b3-1-,4-2-,7-5-,8-6+,13-9-,16-12-,20-19?. The zero-order chi connectivity index (χ0) is 15.3. The second-order valence-electron chi connectivity index (χ2n) is 4.13. The largest absolute Gasteiger partial charge is 0.265 e. The molecule has 1 aromatic carbocycles. The van der Waals surface area contributed by atoms with Crippen LogP contribution in [0.4, 0.5) is 0 Å². The summed E-state index contributed by atoms with van der Waals surface area (Å²) >= 11 is 0. The molecule has 0 radical (unpaired) electrons. The number of nitrogens with zero attached hydrogens (tertiary/aromatic N) is 2. The van der Waals surface area contributed by atoms with Crippen LogP contribution >= 0.6 is 0 Å². The van der Waals surface area contributed by atoms with Crippen LogP contribution in [-0.4, -0.2) is 0 Å². The van der Waals surface area contributed by atoms with Crippen LogP contribution in [0, 0.1) is 0 Å². The van der Waals surface area contributed by atoms with E-state index in [4.69, 9.17) is 9.88 Å². The molecule has 0 atom stereocenters. The topological polar surface area (TPSA) is 43.2 Å². The van der Waals surface area contributed by atoms with Crippen molar-refractivity contribution < 1.29 is 9.88 Å². The quantitative estimate of drug-likeness (QED) is 0.622. The molecule has 1 aromatic rings. The van der Waals surface area contributed by atoms with E-state index in [1.807, 2.05) is 79.0 Å². The second-order valence-corrected chi connectivity index (χ2v) is 4.13. The second kappa shape index (κ2) is 9.72. The van der Waals surface area contributed by atoms with Gasteiger partial charge in [-0.15, -0.1) is 10.1 Å². The summed E-state index contributed by atoms with van der Waals surface area (Å²) in [7, 11) is 0. The molecule has 110 valence electrons. The average molecular weight is 292 g/mol. The molecular weight excluding hydrogens is 276 g/mol. The molecule has 0 fully saturated rings. The summed E-state index contributed by atoms with van der Waals surface area (Å²) < 4.78 is 0. The van der Waals surface area contributed by atoms with Crippen LogP contribution in [0.3, 0.4) is 0 Å². The molecule has 4 heteroatoms. The first-order valence-corrected chi connectivity index (χ1v) is 6.79. The van der Waals surface area contributed by atoms with Gasteiger partial charge in [0.2, 0.25) is 0 Å². The van der Waals surface area contributed by atoms with Gasteiger partial charge >= 0.3 is 0 Å². The van der Waals surface area contributed by atoms with E-state index in [0.717, 1.165) is 5.56 Å². The molecular formula is C18H16N2O2. The highest BCUT2D eigenvalue weighted by Crippen LogP contribution is 2.19. The predicted octanol–water partition coefficient (Wildman–Crippen LogP) is 5.13. The molecule has 1 aliphatic heterocycles. The zero-order valence-corrected chi connectivity index (χ0v) is 11.9. The van der Waals surface area contributed by atoms with Crippen molar-refractivity contribution in [3.63, 3.8) is 0 Å². The van der Waals surface area contributed by atoms with Gasteiger partial charge in [-0.1, -0.05) is 79.0 Å². The summed E-state index contributed by atoms with van der Waals surface area (Å²) in [6, 6.07) is 7.49. The Kier molecular flexibility index (Phi) is 6.74. The normalized spacial score (nSPS) is 23.5. The first kappa shape index (κ1) is 15.3. The first-order chi connectivity index (χ1) is 11.0. The third-order valence-electron chi connectivity index (χ3n) is 2.56. The summed E-state index contributed by atoms with van der Waals surface area (Å²) in [5.74, 6) is 0.564. The molecule has 4 nitrogen and oxygen atoms in total. The fraction of sp³-hybridized carbons (Fsp3) is 0. The number of fused-ring (bicyclic) bond motifs is 1. The van der Waals surface area contributed by atoms with Crippen LogP contribution in [0.25, 0.3) is 6.08 Å². The Bertz CT molecular complexity index is 665. The van der Waals surface area contributed by atoms with Gasteiger partial charge in [-0.25, -0.2) is 0 Å². The Morgan fingerprint density at radius 2 is 1.32 bits per heavy atom. The Hall–Kier alpha value is -3.14. The first-order valence-electron chi connectivity index (χ1n) is 6.79. The van der Waals surface area contributed by atoms with Crippen LogP contribution in [-0.2, 0) is 4.99 Å².